The van der Waals surface area contributed by atoms with Crippen molar-refractivity contribution in [2.24, 2.45) is 9.98 Å². The number of carbonyl (C=O) groups excluding carboxylic acids is 1. The predicted molar refractivity (Wildman–Crippen MR) is 117 cm³/mol. The molecule has 156 valence electrons. The molecule has 1 atom stereocenters. The summed E-state index contributed by atoms with van der Waals surface area (Å²) < 4.78 is 5.73. The number of hydrogen-bond acceptors (Lipinski definition) is 4. The maximum atomic E-state index is 12.2. The van der Waals surface area contributed by atoms with E-state index in [0.29, 0.717) is 17.7 Å². The van der Waals surface area contributed by atoms with Gasteiger partial charge < -0.3 is 14.5 Å². The minimum atomic E-state index is -0.139. The van der Waals surface area contributed by atoms with Crippen molar-refractivity contribution in [3.05, 3.63) is 41.1 Å². The van der Waals surface area contributed by atoms with Gasteiger partial charge in [0, 0.05) is 52.7 Å². The summed E-state index contributed by atoms with van der Waals surface area (Å²) in [7, 11) is 3.43. The van der Waals surface area contributed by atoms with Crippen molar-refractivity contribution in [3.8, 4) is 5.75 Å². The summed E-state index contributed by atoms with van der Waals surface area (Å²) in [5.41, 5.74) is 2.96. The number of likely N-dealkylation sites (N-methyl/N-ethyl adjacent to an activating group) is 1. The summed E-state index contributed by atoms with van der Waals surface area (Å²) in [5, 5.41) is 0. The van der Waals surface area contributed by atoms with Crippen LogP contribution in [0.4, 0.5) is 0 Å². The molecule has 2 heterocycles. The standard InChI is InChI=1S/C22H31N5O2/c1-6-19(21(28)25(4)5)24-22(23-3)27-12-10-26(11-13-27)16(2)18-8-7-17-9-14-29-20(17)15-18/h6-8,15-16H,3,9-14H2,1-2,4-5H3/b19-6-,24-22+. The second-order valence-corrected chi connectivity index (χ2v) is 7.61. The number of aliphatic imine (C=N–C) groups is 2. The number of fused-ring (bicyclic) bond motifs is 1. The van der Waals surface area contributed by atoms with Gasteiger partial charge in [-0.05, 0) is 37.8 Å². The minimum Gasteiger partial charge on any atom is -0.493 e. The molecule has 1 fully saturated rings. The fourth-order valence-electron chi connectivity index (χ4n) is 3.74. The van der Waals surface area contributed by atoms with Crippen molar-refractivity contribution in [1.29, 1.82) is 0 Å². The van der Waals surface area contributed by atoms with Gasteiger partial charge in [-0.2, -0.15) is 0 Å². The Labute approximate surface area is 173 Å². The maximum Gasteiger partial charge on any atom is 0.271 e. The van der Waals surface area contributed by atoms with Gasteiger partial charge in [-0.15, -0.1) is 0 Å². The summed E-state index contributed by atoms with van der Waals surface area (Å²) in [6.07, 6.45) is 2.71. The number of guanidine groups is 1. The summed E-state index contributed by atoms with van der Waals surface area (Å²) >= 11 is 0. The zero-order valence-corrected chi connectivity index (χ0v) is 17.9. The summed E-state index contributed by atoms with van der Waals surface area (Å²) in [5.74, 6) is 1.40. The normalized spacial score (nSPS) is 18.8. The van der Waals surface area contributed by atoms with Crippen LogP contribution >= 0.6 is 0 Å². The van der Waals surface area contributed by atoms with E-state index >= 15 is 0 Å². The van der Waals surface area contributed by atoms with Crippen molar-refractivity contribution >= 4 is 18.6 Å². The van der Waals surface area contributed by atoms with E-state index in [2.05, 4.69) is 51.6 Å². The number of rotatable bonds is 4. The lowest BCUT2D eigenvalue weighted by molar-refractivity contribution is -0.124. The number of carbonyl (C=O) groups is 1. The molecular formula is C22H31N5O2. The fourth-order valence-corrected chi connectivity index (χ4v) is 3.74. The third-order valence-electron chi connectivity index (χ3n) is 5.61. The van der Waals surface area contributed by atoms with Crippen molar-refractivity contribution in [2.45, 2.75) is 26.3 Å². The van der Waals surface area contributed by atoms with Gasteiger partial charge in [0.05, 0.1) is 6.61 Å². The van der Waals surface area contributed by atoms with E-state index in [0.717, 1.165) is 45.0 Å². The molecule has 1 saturated heterocycles. The van der Waals surface area contributed by atoms with Crippen LogP contribution in [0, 0.1) is 0 Å². The van der Waals surface area contributed by atoms with E-state index in [1.807, 2.05) is 0 Å². The quantitative estimate of drug-likeness (QED) is 0.445. The first-order chi connectivity index (χ1) is 13.9. The molecule has 2 aliphatic rings. The van der Waals surface area contributed by atoms with Crippen LogP contribution in [0.15, 0.2) is 40.0 Å². The molecule has 2 aliphatic heterocycles. The summed E-state index contributed by atoms with van der Waals surface area (Å²) in [6.45, 7) is 11.8. The van der Waals surface area contributed by atoms with Crippen LogP contribution in [0.2, 0.25) is 0 Å². The van der Waals surface area contributed by atoms with Gasteiger partial charge in [0.1, 0.15) is 11.4 Å². The van der Waals surface area contributed by atoms with Gasteiger partial charge in [0.2, 0.25) is 5.96 Å². The molecular weight excluding hydrogens is 366 g/mol. The fraction of sp³-hybridized carbons (Fsp3) is 0.500. The topological polar surface area (TPSA) is 60.7 Å². The minimum absolute atomic E-state index is 0.139. The molecule has 1 amide bonds. The highest BCUT2D eigenvalue weighted by Gasteiger charge is 2.25. The largest absolute Gasteiger partial charge is 0.493 e. The van der Waals surface area contributed by atoms with Crippen LogP contribution in [0.3, 0.4) is 0 Å². The second-order valence-electron chi connectivity index (χ2n) is 7.61. The van der Waals surface area contributed by atoms with Crippen molar-refractivity contribution in [1.82, 2.24) is 14.7 Å². The molecule has 0 aromatic heterocycles. The van der Waals surface area contributed by atoms with E-state index in [-0.39, 0.29) is 5.91 Å². The van der Waals surface area contributed by atoms with Crippen molar-refractivity contribution < 1.29 is 9.53 Å². The van der Waals surface area contributed by atoms with Gasteiger partial charge in [-0.1, -0.05) is 18.2 Å². The Morgan fingerprint density at radius 2 is 2.00 bits per heavy atom. The number of amides is 1. The van der Waals surface area contributed by atoms with Crippen molar-refractivity contribution in [2.75, 3.05) is 46.9 Å². The van der Waals surface area contributed by atoms with E-state index < -0.39 is 0 Å². The molecule has 0 radical (unpaired) electrons. The summed E-state index contributed by atoms with van der Waals surface area (Å²) in [4.78, 5) is 26.9. The number of hydrogen-bond donors (Lipinski definition) is 0. The van der Waals surface area contributed by atoms with E-state index in [1.54, 1.807) is 27.1 Å². The van der Waals surface area contributed by atoms with Gasteiger partial charge in [0.25, 0.3) is 5.91 Å². The Bertz CT molecular complexity index is 822. The average Bonchev–Trinajstić information content (AvgIpc) is 3.21. The summed E-state index contributed by atoms with van der Waals surface area (Å²) in [6, 6.07) is 6.90. The Morgan fingerprint density at radius 3 is 2.62 bits per heavy atom. The van der Waals surface area contributed by atoms with Crippen LogP contribution < -0.4 is 4.74 Å². The van der Waals surface area contributed by atoms with Crippen LogP contribution in [0.5, 0.6) is 5.75 Å². The molecule has 0 N–H and O–H groups in total. The highest BCUT2D eigenvalue weighted by molar-refractivity contribution is 5.97. The zero-order chi connectivity index (χ0) is 21.0. The monoisotopic (exact) mass is 397 g/mol. The molecule has 0 spiro atoms. The molecule has 1 aromatic rings. The van der Waals surface area contributed by atoms with Crippen molar-refractivity contribution in [3.63, 3.8) is 0 Å². The Kier molecular flexibility index (Phi) is 6.69. The maximum absolute atomic E-state index is 12.2. The lowest BCUT2D eigenvalue weighted by Gasteiger charge is -2.38. The van der Waals surface area contributed by atoms with E-state index in [1.165, 1.54) is 16.0 Å². The first-order valence-corrected chi connectivity index (χ1v) is 10.1. The number of ether oxygens (including phenoxy) is 1. The third kappa shape index (κ3) is 4.67. The molecule has 29 heavy (non-hydrogen) atoms. The lowest BCUT2D eigenvalue weighted by atomic mass is 10.0. The molecule has 7 nitrogen and oxygen atoms in total. The van der Waals surface area contributed by atoms with Gasteiger partial charge in [-0.3, -0.25) is 9.69 Å². The smallest absolute Gasteiger partial charge is 0.271 e. The van der Waals surface area contributed by atoms with Crippen LogP contribution in [-0.4, -0.2) is 80.2 Å². The SMILES string of the molecule is C=N/C(=N\C(=C/C)C(=O)N(C)C)N1CCN(C(C)c2ccc3c(c2)OCC3)CC1. The van der Waals surface area contributed by atoms with Crippen LogP contribution in [0.1, 0.15) is 31.0 Å². The molecule has 0 aliphatic carbocycles. The Balaban J connectivity index is 1.65. The molecule has 3 rings (SSSR count). The molecule has 1 aromatic carbocycles. The number of piperazine rings is 1. The second kappa shape index (κ2) is 9.22. The van der Waals surface area contributed by atoms with Gasteiger partial charge in [-0.25, -0.2) is 9.98 Å². The highest BCUT2D eigenvalue weighted by Crippen LogP contribution is 2.31. The lowest BCUT2D eigenvalue weighted by Crippen LogP contribution is -2.49. The molecule has 7 heteroatoms. The molecule has 0 bridgehead atoms. The number of benzene rings is 1. The van der Waals surface area contributed by atoms with Crippen LogP contribution in [-0.2, 0) is 11.2 Å². The zero-order valence-electron chi connectivity index (χ0n) is 17.9. The van der Waals surface area contributed by atoms with Crippen LogP contribution in [0.25, 0.3) is 0 Å². The average molecular weight is 398 g/mol. The third-order valence-corrected chi connectivity index (χ3v) is 5.61. The highest BCUT2D eigenvalue weighted by atomic mass is 16.5. The Morgan fingerprint density at radius 1 is 1.28 bits per heavy atom. The predicted octanol–water partition coefficient (Wildman–Crippen LogP) is 2.35. The Hall–Kier alpha value is -2.67. The number of allylic oxidation sites excluding steroid dienone is 1. The van der Waals surface area contributed by atoms with E-state index in [9.17, 15) is 4.79 Å². The van der Waals surface area contributed by atoms with Gasteiger partial charge in [0.15, 0.2) is 0 Å². The first-order valence-electron chi connectivity index (χ1n) is 10.1. The molecule has 0 saturated carbocycles. The number of nitrogens with zero attached hydrogens (tertiary/aromatic N) is 5. The van der Waals surface area contributed by atoms with Gasteiger partial charge >= 0.3 is 0 Å². The first kappa shape index (κ1) is 21.0. The van der Waals surface area contributed by atoms with E-state index in [4.69, 9.17) is 4.74 Å². The molecule has 1 unspecified atom stereocenters.